The van der Waals surface area contributed by atoms with Crippen molar-refractivity contribution in [3.8, 4) is 80.9 Å². The number of nitriles is 4. The largest absolute Gasteiger partial charge is 0.307 e. The van der Waals surface area contributed by atoms with Crippen molar-refractivity contribution in [2.45, 2.75) is 38.5 Å². The fourth-order valence-electron chi connectivity index (χ4n) is 12.3. The average molecular weight is 974 g/mol. The molecule has 0 saturated carbocycles. The second-order valence-corrected chi connectivity index (χ2v) is 20.5. The smallest absolute Gasteiger partial charge is 0.164 e. The summed E-state index contributed by atoms with van der Waals surface area (Å²) in [5.41, 5.74) is 15.2. The van der Waals surface area contributed by atoms with Crippen LogP contribution >= 0.6 is 0 Å². The van der Waals surface area contributed by atoms with Crippen LogP contribution in [0.5, 0.6) is 0 Å². The summed E-state index contributed by atoms with van der Waals surface area (Å²) < 4.78 is 4.07. The summed E-state index contributed by atoms with van der Waals surface area (Å²) in [6.07, 6.45) is 3.79. The zero-order valence-electron chi connectivity index (χ0n) is 42.0. The number of para-hydroxylation sites is 2. The third kappa shape index (κ3) is 6.31. The standard InChI is InChI=1S/C67H43N9/c1-7-45-49-30-51-47-21-13-16-24-57(47)75(59(51)32-55(49)66(3,4)53(45)8-2)61-41(34-68)26-39(27-42(61)35-69)64-72-63(38-18-10-9-11-19-38)73-65(74-64)40-28-43(36-70)62(44(29-40)37-71)76-58-25-17-14-22-48(58)52-31-50-46-20-12-15-23-54(46)67(5,6)56(50)33-60(52)76/h7-33H,1-2H2,3-6H3. The van der Waals surface area contributed by atoms with Crippen molar-refractivity contribution in [2.24, 2.45) is 0 Å². The zero-order chi connectivity index (χ0) is 52.4. The highest BCUT2D eigenvalue weighted by molar-refractivity contribution is 6.13. The van der Waals surface area contributed by atoms with E-state index in [-0.39, 0.29) is 44.7 Å². The highest BCUT2D eigenvalue weighted by atomic mass is 15.0. The number of benzene rings is 8. The van der Waals surface area contributed by atoms with Crippen LogP contribution in [0, 0.1) is 45.3 Å². The predicted octanol–water partition coefficient (Wildman–Crippen LogP) is 15.3. The summed E-state index contributed by atoms with van der Waals surface area (Å²) >= 11 is 0. The van der Waals surface area contributed by atoms with E-state index in [1.54, 1.807) is 24.3 Å². The molecule has 3 aromatic heterocycles. The molecule has 0 atom stereocenters. The molecule has 0 fully saturated rings. The summed E-state index contributed by atoms with van der Waals surface area (Å²) in [6, 6.07) is 59.6. The van der Waals surface area contributed by atoms with Crippen LogP contribution in [0.25, 0.3) is 106 Å². The Hall–Kier alpha value is -10.5. The van der Waals surface area contributed by atoms with Gasteiger partial charge < -0.3 is 9.13 Å². The normalized spacial score (nSPS) is 13.7. The molecule has 9 nitrogen and oxygen atoms in total. The van der Waals surface area contributed by atoms with Crippen LogP contribution < -0.4 is 0 Å². The molecule has 0 bridgehead atoms. The fraction of sp³-hybridized carbons (Fsp3) is 0.0896. The number of fused-ring (bicyclic) bond motifs is 10. The van der Waals surface area contributed by atoms with Crippen LogP contribution in [0.1, 0.15) is 72.2 Å². The van der Waals surface area contributed by atoms with Crippen LogP contribution in [0.2, 0.25) is 0 Å². The van der Waals surface area contributed by atoms with Gasteiger partial charge in [0.15, 0.2) is 17.5 Å². The number of rotatable bonds is 7. The maximum Gasteiger partial charge on any atom is 0.164 e. The third-order valence-electron chi connectivity index (χ3n) is 15.9. The second kappa shape index (κ2) is 16.5. The molecule has 11 aromatic rings. The van der Waals surface area contributed by atoms with Gasteiger partial charge in [-0.25, -0.2) is 15.0 Å². The van der Waals surface area contributed by atoms with Crippen molar-refractivity contribution in [1.29, 1.82) is 21.0 Å². The lowest BCUT2D eigenvalue weighted by Crippen LogP contribution is -2.16. The van der Waals surface area contributed by atoms with Crippen molar-refractivity contribution in [1.82, 2.24) is 24.1 Å². The molecule has 3 heterocycles. The van der Waals surface area contributed by atoms with E-state index >= 15 is 0 Å². The van der Waals surface area contributed by atoms with Gasteiger partial charge in [-0.15, -0.1) is 0 Å². The van der Waals surface area contributed by atoms with E-state index in [0.717, 1.165) is 65.9 Å². The Morgan fingerprint density at radius 3 is 1.33 bits per heavy atom. The van der Waals surface area contributed by atoms with Crippen molar-refractivity contribution in [2.75, 3.05) is 0 Å². The van der Waals surface area contributed by atoms with Crippen molar-refractivity contribution < 1.29 is 0 Å². The van der Waals surface area contributed by atoms with E-state index in [4.69, 9.17) is 15.0 Å². The van der Waals surface area contributed by atoms with Gasteiger partial charge in [-0.05, 0) is 105 Å². The Kier molecular flexibility index (Phi) is 9.88. The molecule has 0 saturated heterocycles. The van der Waals surface area contributed by atoms with E-state index < -0.39 is 0 Å². The number of allylic oxidation sites excluding steroid dienone is 4. The first kappa shape index (κ1) is 45.4. The second-order valence-electron chi connectivity index (χ2n) is 20.5. The molecule has 0 amide bonds. The predicted molar refractivity (Wildman–Crippen MR) is 302 cm³/mol. The Balaban J connectivity index is 1.00. The van der Waals surface area contributed by atoms with Gasteiger partial charge in [-0.3, -0.25) is 0 Å². The lowest BCUT2D eigenvalue weighted by molar-refractivity contribution is 0.655. The maximum atomic E-state index is 11.1. The molecule has 8 aromatic carbocycles. The molecule has 0 radical (unpaired) electrons. The van der Waals surface area contributed by atoms with Crippen LogP contribution in [0.3, 0.4) is 0 Å². The number of hydrogen-bond acceptors (Lipinski definition) is 7. The van der Waals surface area contributed by atoms with Crippen LogP contribution in [0.15, 0.2) is 183 Å². The minimum atomic E-state index is -0.387. The zero-order valence-corrected chi connectivity index (χ0v) is 42.0. The monoisotopic (exact) mass is 973 g/mol. The first-order chi connectivity index (χ1) is 36.9. The first-order valence-corrected chi connectivity index (χ1v) is 25.0. The van der Waals surface area contributed by atoms with Crippen molar-refractivity contribution in [3.05, 3.63) is 227 Å². The van der Waals surface area contributed by atoms with Gasteiger partial charge in [0, 0.05) is 49.1 Å². The van der Waals surface area contributed by atoms with E-state index in [2.05, 4.69) is 126 Å². The van der Waals surface area contributed by atoms with Crippen LogP contribution in [-0.4, -0.2) is 24.1 Å². The molecule has 2 aliphatic rings. The maximum absolute atomic E-state index is 11.1. The minimum absolute atomic E-state index is 0.200. The van der Waals surface area contributed by atoms with Gasteiger partial charge in [0.05, 0.1) is 55.7 Å². The van der Waals surface area contributed by atoms with Gasteiger partial charge in [0.2, 0.25) is 0 Å². The molecule has 0 spiro atoms. The third-order valence-corrected chi connectivity index (χ3v) is 15.9. The summed E-state index contributed by atoms with van der Waals surface area (Å²) in [5, 5.41) is 48.5. The van der Waals surface area contributed by atoms with Gasteiger partial charge in [0.25, 0.3) is 0 Å². The van der Waals surface area contributed by atoms with Gasteiger partial charge in [0.1, 0.15) is 24.3 Å². The average Bonchev–Trinajstić information content (AvgIpc) is 4.14. The van der Waals surface area contributed by atoms with E-state index in [0.29, 0.717) is 33.9 Å². The topological polar surface area (TPSA) is 144 Å². The molecule has 0 unspecified atom stereocenters. The number of aromatic nitrogens is 5. The molecule has 76 heavy (non-hydrogen) atoms. The number of hydrogen-bond donors (Lipinski definition) is 0. The van der Waals surface area contributed by atoms with E-state index in [9.17, 15) is 21.0 Å². The molecule has 356 valence electrons. The molecular formula is C67H43N9. The van der Waals surface area contributed by atoms with Crippen molar-refractivity contribution >= 4 is 49.2 Å². The SMILES string of the molecule is C=CC1=C(C=C)C(C)(C)c2cc3c(cc21)c1ccccc1n3-c1c(C#N)cc(-c2nc(-c3ccccc3)nc(-c3cc(C#N)c(-n4c5ccccc5c5cc6c(cc54)C(C)(C)c4ccccc4-6)c(C#N)c3)n2)cc1C#N. The van der Waals surface area contributed by atoms with E-state index in [1.165, 1.54) is 22.3 Å². The summed E-state index contributed by atoms with van der Waals surface area (Å²) in [6.45, 7) is 17.1. The quantitative estimate of drug-likeness (QED) is 0.155. The molecule has 9 heteroatoms. The summed E-state index contributed by atoms with van der Waals surface area (Å²) in [7, 11) is 0. The fourth-order valence-corrected chi connectivity index (χ4v) is 12.3. The van der Waals surface area contributed by atoms with Gasteiger partial charge in [-0.1, -0.05) is 144 Å². The Bertz CT molecular complexity index is 4590. The summed E-state index contributed by atoms with van der Waals surface area (Å²) in [4.78, 5) is 15.0. The Morgan fingerprint density at radius 1 is 0.408 bits per heavy atom. The van der Waals surface area contributed by atoms with Crippen molar-refractivity contribution in [3.63, 3.8) is 0 Å². The first-order valence-electron chi connectivity index (χ1n) is 25.0. The van der Waals surface area contributed by atoms with E-state index in [1.807, 2.05) is 88.0 Å². The van der Waals surface area contributed by atoms with Gasteiger partial charge >= 0.3 is 0 Å². The Morgan fingerprint density at radius 2 is 0.842 bits per heavy atom. The van der Waals surface area contributed by atoms with Crippen LogP contribution in [-0.2, 0) is 10.8 Å². The molecule has 0 aliphatic heterocycles. The minimum Gasteiger partial charge on any atom is -0.307 e. The molecule has 0 N–H and O–H groups in total. The molecule has 2 aliphatic carbocycles. The number of nitrogens with zero attached hydrogens (tertiary/aromatic N) is 9. The highest BCUT2D eigenvalue weighted by Crippen LogP contribution is 2.52. The summed E-state index contributed by atoms with van der Waals surface area (Å²) in [5.74, 6) is 0.730. The lowest BCUT2D eigenvalue weighted by Gasteiger charge is -2.23. The molecular weight excluding hydrogens is 931 g/mol. The van der Waals surface area contributed by atoms with Gasteiger partial charge in [-0.2, -0.15) is 21.0 Å². The molecule has 13 rings (SSSR count). The van der Waals surface area contributed by atoms with Crippen LogP contribution in [0.4, 0.5) is 0 Å². The Labute approximate surface area is 438 Å². The lowest BCUT2D eigenvalue weighted by atomic mass is 9.81. The highest BCUT2D eigenvalue weighted by Gasteiger charge is 2.38.